The van der Waals surface area contributed by atoms with Gasteiger partial charge in [0.25, 0.3) is 5.91 Å². The summed E-state index contributed by atoms with van der Waals surface area (Å²) in [5.74, 6) is -3.57. The van der Waals surface area contributed by atoms with Crippen molar-refractivity contribution in [3.05, 3.63) is 0 Å². The molecule has 3 unspecified atom stereocenters. The molecular weight excluding hydrogens is 521 g/mol. The van der Waals surface area contributed by atoms with Gasteiger partial charge in [-0.3, -0.25) is 19.2 Å². The first-order valence-electron chi connectivity index (χ1n) is 13.2. The minimum atomic E-state index is -4.84. The number of hydrogen-bond acceptors (Lipinski definition) is 6. The Morgan fingerprint density at radius 2 is 1.54 bits per heavy atom. The molecule has 4 N–H and O–H groups in total. The van der Waals surface area contributed by atoms with Crippen molar-refractivity contribution in [2.45, 2.75) is 104 Å². The quantitative estimate of drug-likeness (QED) is 0.349. The Morgan fingerprint density at radius 3 is 1.97 bits per heavy atom. The number of primary amides is 1. The molecule has 0 radical (unpaired) electrons. The molecule has 4 amide bonds. The molecule has 1 saturated heterocycles. The Labute approximate surface area is 226 Å². The van der Waals surface area contributed by atoms with Crippen molar-refractivity contribution in [2.75, 3.05) is 6.54 Å². The van der Waals surface area contributed by atoms with Crippen LogP contribution in [0.25, 0.3) is 0 Å². The van der Waals surface area contributed by atoms with E-state index < -0.39 is 64.9 Å². The van der Waals surface area contributed by atoms with Crippen LogP contribution in [0.15, 0.2) is 0 Å². The number of rotatable bonds is 10. The number of alkyl halides is 3. The van der Waals surface area contributed by atoms with Crippen molar-refractivity contribution >= 4 is 29.6 Å². The second-order valence-corrected chi connectivity index (χ2v) is 12.5. The molecular formula is C26H41F3N4O6. The molecule has 1 saturated carbocycles. The van der Waals surface area contributed by atoms with Gasteiger partial charge in [-0.15, -0.1) is 0 Å². The lowest BCUT2D eigenvalue weighted by Gasteiger charge is -2.37. The lowest BCUT2D eigenvalue weighted by Crippen LogP contribution is -2.60. The summed E-state index contributed by atoms with van der Waals surface area (Å²) >= 11 is 0. The summed E-state index contributed by atoms with van der Waals surface area (Å²) in [5, 5.41) is 4.90. The molecule has 4 atom stereocenters. The number of amides is 4. The first-order chi connectivity index (χ1) is 17.7. The molecule has 1 aliphatic heterocycles. The van der Waals surface area contributed by atoms with Crippen molar-refractivity contribution in [3.8, 4) is 0 Å². The lowest BCUT2D eigenvalue weighted by atomic mass is 9.84. The fourth-order valence-electron chi connectivity index (χ4n) is 4.70. The van der Waals surface area contributed by atoms with E-state index in [1.807, 2.05) is 13.8 Å². The van der Waals surface area contributed by atoms with Gasteiger partial charge in [0.15, 0.2) is 0 Å². The summed E-state index contributed by atoms with van der Waals surface area (Å²) in [7, 11) is 0. The van der Waals surface area contributed by atoms with E-state index in [0.717, 1.165) is 12.8 Å². The minimum absolute atomic E-state index is 0.0501. The van der Waals surface area contributed by atoms with Gasteiger partial charge in [-0.2, -0.15) is 13.2 Å². The maximum atomic E-state index is 13.8. The van der Waals surface area contributed by atoms with Crippen LogP contribution in [0, 0.1) is 23.2 Å². The van der Waals surface area contributed by atoms with E-state index in [4.69, 9.17) is 5.73 Å². The highest BCUT2D eigenvalue weighted by atomic mass is 19.4. The number of ketones is 1. The molecule has 2 fully saturated rings. The zero-order chi connectivity index (χ0) is 30.1. The number of nitrogens with zero attached hydrogens (tertiary/aromatic N) is 1. The van der Waals surface area contributed by atoms with E-state index in [-0.39, 0.29) is 30.7 Å². The number of alkyl carbamates (subject to hydrolysis) is 1. The summed E-state index contributed by atoms with van der Waals surface area (Å²) < 4.78 is 44.3. The predicted octanol–water partition coefficient (Wildman–Crippen LogP) is 2.68. The topological polar surface area (TPSA) is 148 Å². The number of ether oxygens (including phenoxy) is 1. The van der Waals surface area contributed by atoms with Crippen molar-refractivity contribution in [3.63, 3.8) is 0 Å². The van der Waals surface area contributed by atoms with E-state index in [0.29, 0.717) is 20.3 Å². The standard InChI is InChI=1S/C26H41F3N4O6/c1-13(2)15-10-11-33(17(15)21(36)31-16(12-14-8-9-14)18(34)20(30)35)22(37)19(24(3,4)5)32-23(38)39-25(6,7)26(27,28)29/h13-17,19H,8-12H2,1-7H3,(H2,30,35)(H,31,36)(H,32,38)/t15-,16?,17?,19?/m1/s1. The van der Waals surface area contributed by atoms with Crippen molar-refractivity contribution in [1.82, 2.24) is 15.5 Å². The maximum Gasteiger partial charge on any atom is 0.427 e. The Kier molecular flexibility index (Phi) is 9.71. The van der Waals surface area contributed by atoms with E-state index in [2.05, 4.69) is 15.4 Å². The Bertz CT molecular complexity index is 972. The monoisotopic (exact) mass is 562 g/mol. The normalized spacial score (nSPS) is 21.8. The van der Waals surface area contributed by atoms with Crippen LogP contribution >= 0.6 is 0 Å². The van der Waals surface area contributed by atoms with Gasteiger partial charge in [-0.25, -0.2) is 4.79 Å². The van der Waals surface area contributed by atoms with Crippen LogP contribution in [0.1, 0.15) is 74.1 Å². The van der Waals surface area contributed by atoms with Crippen molar-refractivity contribution in [1.29, 1.82) is 0 Å². The zero-order valence-corrected chi connectivity index (χ0v) is 23.6. The van der Waals surface area contributed by atoms with Gasteiger partial charge in [0.1, 0.15) is 12.1 Å². The highest BCUT2D eigenvalue weighted by molar-refractivity contribution is 6.37. The van der Waals surface area contributed by atoms with E-state index in [1.165, 1.54) is 4.90 Å². The molecule has 1 heterocycles. The highest BCUT2D eigenvalue weighted by Gasteiger charge is 2.52. The average molecular weight is 563 g/mol. The minimum Gasteiger partial charge on any atom is -0.434 e. The summed E-state index contributed by atoms with van der Waals surface area (Å²) in [6.07, 6.45) is -3.84. The molecule has 0 aromatic heterocycles. The van der Waals surface area contributed by atoms with Gasteiger partial charge in [-0.1, -0.05) is 47.5 Å². The summed E-state index contributed by atoms with van der Waals surface area (Å²) in [6, 6.07) is -3.48. The molecule has 0 aromatic rings. The van der Waals surface area contributed by atoms with E-state index >= 15 is 0 Å². The third-order valence-electron chi connectivity index (χ3n) is 7.40. The van der Waals surface area contributed by atoms with Gasteiger partial charge >= 0.3 is 12.3 Å². The van der Waals surface area contributed by atoms with Gasteiger partial charge in [-0.05, 0) is 49.9 Å². The molecule has 39 heavy (non-hydrogen) atoms. The maximum absolute atomic E-state index is 13.8. The fourth-order valence-corrected chi connectivity index (χ4v) is 4.70. The Morgan fingerprint density at radius 1 is 0.974 bits per heavy atom. The van der Waals surface area contributed by atoms with Crippen molar-refractivity contribution < 1.29 is 41.9 Å². The molecule has 10 nitrogen and oxygen atoms in total. The first kappa shape index (κ1) is 32.4. The molecule has 2 rings (SSSR count). The second-order valence-electron chi connectivity index (χ2n) is 12.5. The summed E-state index contributed by atoms with van der Waals surface area (Å²) in [5.41, 5.74) is 1.42. The lowest BCUT2D eigenvalue weighted by molar-refractivity contribution is -0.244. The van der Waals surface area contributed by atoms with Crippen molar-refractivity contribution in [2.24, 2.45) is 28.9 Å². The van der Waals surface area contributed by atoms with Gasteiger partial charge < -0.3 is 26.0 Å². The van der Waals surface area contributed by atoms with Crippen LogP contribution in [0.4, 0.5) is 18.0 Å². The number of nitrogens with two attached hydrogens (primary N) is 1. The number of carbonyl (C=O) groups excluding carboxylic acids is 5. The first-order valence-corrected chi connectivity index (χ1v) is 13.2. The van der Waals surface area contributed by atoms with Crippen LogP contribution in [-0.4, -0.2) is 70.9 Å². The number of likely N-dealkylation sites (tertiary alicyclic amines) is 1. The van der Waals surface area contributed by atoms with Crippen LogP contribution in [-0.2, 0) is 23.9 Å². The molecule has 222 valence electrons. The third kappa shape index (κ3) is 8.07. The van der Waals surface area contributed by atoms with Gasteiger partial charge in [0, 0.05) is 6.54 Å². The molecule has 2 aliphatic rings. The second kappa shape index (κ2) is 11.7. The predicted molar refractivity (Wildman–Crippen MR) is 135 cm³/mol. The molecule has 0 bridgehead atoms. The van der Waals surface area contributed by atoms with Crippen LogP contribution in [0.2, 0.25) is 0 Å². The number of carbonyl (C=O) groups is 5. The molecule has 0 aromatic carbocycles. The summed E-state index contributed by atoms with van der Waals surface area (Å²) in [4.78, 5) is 65.2. The Balaban J connectivity index is 2.32. The zero-order valence-electron chi connectivity index (χ0n) is 23.6. The smallest absolute Gasteiger partial charge is 0.427 e. The van der Waals surface area contributed by atoms with Crippen LogP contribution < -0.4 is 16.4 Å². The SMILES string of the molecule is CC(C)[C@H]1CCN(C(=O)C(NC(=O)OC(C)(C)C(F)(F)F)C(C)(C)C)C1C(=O)NC(CC1CC1)C(=O)C(N)=O. The fraction of sp³-hybridized carbons (Fsp3) is 0.808. The Hall–Kier alpha value is -2.86. The number of Topliss-reactive ketones (excluding diaryl/α,β-unsaturated/α-hetero) is 1. The largest absolute Gasteiger partial charge is 0.434 e. The number of hydrogen-bond donors (Lipinski definition) is 3. The number of nitrogens with one attached hydrogen (secondary N) is 2. The van der Waals surface area contributed by atoms with E-state index in [9.17, 15) is 37.1 Å². The van der Waals surface area contributed by atoms with E-state index in [1.54, 1.807) is 20.8 Å². The molecule has 1 aliphatic carbocycles. The van der Waals surface area contributed by atoms with Gasteiger partial charge in [0.2, 0.25) is 23.2 Å². The average Bonchev–Trinajstić information content (AvgIpc) is 3.47. The number of halogens is 3. The van der Waals surface area contributed by atoms with Crippen LogP contribution in [0.5, 0.6) is 0 Å². The molecule has 0 spiro atoms. The molecule has 13 heteroatoms. The summed E-state index contributed by atoms with van der Waals surface area (Å²) in [6.45, 7) is 10.2. The van der Waals surface area contributed by atoms with Gasteiger partial charge in [0.05, 0.1) is 6.04 Å². The highest BCUT2D eigenvalue weighted by Crippen LogP contribution is 2.36. The van der Waals surface area contributed by atoms with Crippen LogP contribution in [0.3, 0.4) is 0 Å². The third-order valence-corrected chi connectivity index (χ3v) is 7.40.